The van der Waals surface area contributed by atoms with Crippen molar-refractivity contribution < 1.29 is 119 Å². The standard InChI is InChI=1S/15Al.14Na.15H2O.15O.14H/h;;;;;;;;;;;;;;;;;;;;;;;;;;;;;15*1H2;;;;;;;;;;;;;;;;;;;;;;;;;;;;;/q15*+1;;;;;;;;;;;;;;;;;;;;;;;;;;;;;;;;;;;;;;;;;;;;;;;;;;;;;;;;;;/p-15. The van der Waals surface area contributed by atoms with Gasteiger partial charge in [-0.1, -0.05) is 0 Å². The summed E-state index contributed by atoms with van der Waals surface area (Å²) < 4.78 is 235. The van der Waals surface area contributed by atoms with Gasteiger partial charge in [-0.2, -0.15) is 0 Å². The van der Waals surface area contributed by atoms with Crippen LogP contribution in [-0.2, 0) is 57.1 Å². The van der Waals surface area contributed by atoms with Gasteiger partial charge in [-0.15, -0.1) is 0 Å². The van der Waals surface area contributed by atoms with E-state index in [0.717, 1.165) is 0 Å². The molecular weight excluding hydrogens is 1210 g/mol. The quantitative estimate of drug-likeness (QED) is 0.100. The topological polar surface area (TPSA) is 560 Å². The first-order valence-corrected chi connectivity index (χ1v) is 22.2. The average Bonchev–Trinajstić information content (AvgIpc) is 2.91. The Balaban J connectivity index is -0.00000000595. The Morgan fingerprint density at radius 3 is 0.119 bits per heavy atom. The van der Waals surface area contributed by atoms with Crippen LogP contribution in [0.4, 0.5) is 0 Å². The summed E-state index contributed by atoms with van der Waals surface area (Å²) in [6.07, 6.45) is 0. The fourth-order valence-electron chi connectivity index (χ4n) is 0. The van der Waals surface area contributed by atoms with Crippen LogP contribution in [0.3, 0.4) is 0 Å². The maximum atomic E-state index is 8.57. The summed E-state index contributed by atoms with van der Waals surface area (Å²) in [6, 6.07) is 0. The molecule has 0 heterocycles. The van der Waals surface area contributed by atoms with Crippen molar-refractivity contribution in [3.05, 3.63) is 0 Å². The molecule has 0 radical (unpaired) electrons. The van der Waals surface area contributed by atoms with E-state index in [1.807, 2.05) is 0 Å². The number of rotatable bonds is 0. The summed E-state index contributed by atoms with van der Waals surface area (Å²) in [4.78, 5) is 0. The molecule has 0 atom stereocenters. The molecule has 0 saturated carbocycles. The molecule has 0 bridgehead atoms. The normalized spacial score (nSPS) is 2.03. The van der Waals surface area contributed by atoms with Crippen molar-refractivity contribution >= 4 is 646 Å². The minimum absolute atomic E-state index is 0. The average molecular weight is 1240 g/mol. The third kappa shape index (κ3) is 1500. The molecule has 0 aliphatic rings. The van der Waals surface area contributed by atoms with E-state index in [4.69, 9.17) is 119 Å². The Labute approximate surface area is 744 Å². The zero-order valence-corrected chi connectivity index (χ0v) is 38.8. The zero-order valence-electron chi connectivity index (χ0n) is 21.5. The van der Waals surface area contributed by atoms with Gasteiger partial charge in [0.05, 0.1) is 0 Å². The second kappa shape index (κ2) is 410. The molecule has 0 spiro atoms. The van der Waals surface area contributed by atoms with Crippen LogP contribution in [0.15, 0.2) is 0 Å². The first-order valence-electron chi connectivity index (χ1n) is 7.41. The van der Waals surface area contributed by atoms with Crippen molar-refractivity contribution in [2.45, 2.75) is 0 Å². The maximum absolute atomic E-state index is 8.57. The first-order chi connectivity index (χ1) is 21.2. The van der Waals surface area contributed by atoms with Gasteiger partial charge in [0.15, 0.2) is 0 Å². The van der Waals surface area contributed by atoms with E-state index in [0.29, 0.717) is 0 Å². The second-order valence-corrected chi connectivity index (χ2v) is 4.74. The summed E-state index contributed by atoms with van der Waals surface area (Å²) in [6.45, 7) is 0. The van der Waals surface area contributed by atoms with Gasteiger partial charge in [-0.3, -0.25) is 0 Å². The van der Waals surface area contributed by atoms with E-state index in [1.54, 1.807) is 0 Å². The van der Waals surface area contributed by atoms with E-state index in [9.17, 15) is 0 Å². The minimum atomic E-state index is -1.50. The van der Waals surface area contributed by atoms with Crippen LogP contribution >= 0.6 is 0 Å². The molecule has 59 heteroatoms. The summed E-state index contributed by atoms with van der Waals surface area (Å²) in [5.41, 5.74) is 0. The van der Waals surface area contributed by atoms with Crippen LogP contribution in [0.2, 0.25) is 0 Å². The van der Waals surface area contributed by atoms with Gasteiger partial charge in [-0.25, -0.2) is 0 Å². The van der Waals surface area contributed by atoms with Crippen molar-refractivity contribution in [2.75, 3.05) is 0 Å². The van der Waals surface area contributed by atoms with Gasteiger partial charge >= 0.3 is 766 Å². The molecule has 15 N–H and O–H groups in total. The Hall–Kier alpha value is 16.0. The molecule has 0 aromatic rings. The molecular formula is H29Al15Na14O30. The van der Waals surface area contributed by atoms with Crippen molar-refractivity contribution in [3.63, 3.8) is 0 Å². The van der Waals surface area contributed by atoms with Crippen LogP contribution in [-0.4, -0.2) is 708 Å². The van der Waals surface area contributed by atoms with Gasteiger partial charge in [0.25, 0.3) is 0 Å². The summed E-state index contributed by atoms with van der Waals surface area (Å²) in [5.74, 6) is 0. The van der Waals surface area contributed by atoms with E-state index < -0.39 is 232 Å². The summed E-state index contributed by atoms with van der Waals surface area (Å²) in [7, 11) is 0. The molecule has 0 rings (SSSR count). The van der Waals surface area contributed by atoms with Crippen molar-refractivity contribution in [2.24, 2.45) is 0 Å². The van der Waals surface area contributed by atoms with Gasteiger partial charge in [0.2, 0.25) is 0 Å². The third-order valence-corrected chi connectivity index (χ3v) is 0. The van der Waals surface area contributed by atoms with Gasteiger partial charge in [-0.05, 0) is 0 Å². The van der Waals surface area contributed by atoms with Crippen LogP contribution in [0.25, 0.3) is 0 Å². The second-order valence-electron chi connectivity index (χ2n) is 1.58. The first kappa shape index (κ1) is 194. The Morgan fingerprint density at radius 2 is 0.119 bits per heavy atom. The molecule has 0 unspecified atom stereocenters. The van der Waals surface area contributed by atoms with E-state index >= 15 is 0 Å². The summed E-state index contributed by atoms with van der Waals surface area (Å²) in [5, 5.41) is 0. The monoisotopic (exact) mass is 1240 g/mol. The predicted molar refractivity (Wildman–Crippen MR) is 230 cm³/mol. The Morgan fingerprint density at radius 1 is 0.119 bits per heavy atom. The fraction of sp³-hybridized carbons (Fsp3) is 0. The van der Waals surface area contributed by atoms with Crippen molar-refractivity contribution in [1.29, 1.82) is 0 Å². The molecule has 0 fully saturated rings. The third-order valence-electron chi connectivity index (χ3n) is 0. The van der Waals surface area contributed by atoms with Gasteiger partial charge < -0.3 is 0 Å². The van der Waals surface area contributed by atoms with Gasteiger partial charge in [0, 0.05) is 0 Å². The van der Waals surface area contributed by atoms with Crippen LogP contribution in [0.5, 0.6) is 0 Å². The molecule has 0 amide bonds. The van der Waals surface area contributed by atoms with Crippen molar-refractivity contribution in [1.82, 2.24) is 0 Å². The Kier molecular flexibility index (Phi) is 1350. The molecule has 0 aliphatic heterocycles. The van der Waals surface area contributed by atoms with Crippen LogP contribution in [0.1, 0.15) is 0 Å². The van der Waals surface area contributed by atoms with Crippen molar-refractivity contribution in [3.8, 4) is 0 Å². The SMILES string of the molecule is [NaH].[NaH].[NaH].[NaH].[NaH].[NaH].[NaH].[NaH].[NaH].[NaH].[NaH].[NaH].[NaH].[NaH].[O]=[Al][OH].[O]=[Al][OH].[O]=[Al][OH].[O]=[Al][OH].[O]=[Al][OH].[O]=[Al][OH].[O]=[Al][OH].[O]=[Al][OH].[O]=[Al][OH].[O]=[Al][OH].[O]=[Al][OH].[O]=[Al][OH].[O]=[Al][OH].[O]=[Al][OH].[O]=[Al][OH]. The summed E-state index contributed by atoms with van der Waals surface area (Å²) >= 11 is -22.5. The Bertz CT molecular complexity index is 376. The van der Waals surface area contributed by atoms with Gasteiger partial charge in [0.1, 0.15) is 0 Å². The molecule has 0 aromatic carbocycles. The zero-order chi connectivity index (χ0) is 40.6. The number of hydrogen-bond donors (Lipinski definition) is 15. The predicted octanol–water partition coefficient (Wildman–Crippen LogP) is -24.9. The molecule has 59 heavy (non-hydrogen) atoms. The number of hydrogen-bond acceptors (Lipinski definition) is 15. The fourth-order valence-corrected chi connectivity index (χ4v) is 0. The molecule has 0 aromatic heterocycles. The van der Waals surface area contributed by atoms with Crippen LogP contribution in [0, 0.1) is 0 Å². The van der Waals surface area contributed by atoms with E-state index in [-0.39, 0.29) is 414 Å². The van der Waals surface area contributed by atoms with Crippen LogP contribution < -0.4 is 0 Å². The molecule has 0 aliphatic carbocycles. The van der Waals surface area contributed by atoms with E-state index in [1.165, 1.54) is 0 Å². The molecule has 0 saturated heterocycles. The molecule has 268 valence electrons. The van der Waals surface area contributed by atoms with E-state index in [2.05, 4.69) is 0 Å². The molecule has 30 nitrogen and oxygen atoms in total.